The zero-order chi connectivity index (χ0) is 8.48. The molecule has 0 aliphatic carbocycles. The van der Waals surface area contributed by atoms with E-state index in [1.807, 2.05) is 6.92 Å². The van der Waals surface area contributed by atoms with Gasteiger partial charge in [-0.25, -0.2) is 0 Å². The molecule has 1 aliphatic rings. The molecule has 1 fully saturated rings. The molecule has 0 spiro atoms. The van der Waals surface area contributed by atoms with E-state index in [9.17, 15) is 9.90 Å². The molecule has 0 radical (unpaired) electrons. The molecule has 11 heavy (non-hydrogen) atoms. The van der Waals surface area contributed by atoms with E-state index in [2.05, 4.69) is 0 Å². The van der Waals surface area contributed by atoms with Gasteiger partial charge in [0.1, 0.15) is 5.60 Å². The summed E-state index contributed by atoms with van der Waals surface area (Å²) in [5.41, 5.74) is 3.68. The predicted molar refractivity (Wildman–Crippen MR) is 38.8 cm³/mol. The molecule has 4 nitrogen and oxygen atoms in total. The second-order valence-electron chi connectivity index (χ2n) is 3.03. The number of hydrogen-bond acceptors (Lipinski definition) is 3. The number of carbonyl (C=O) groups excluding carboxylic acids is 1. The number of amides is 1. The van der Waals surface area contributed by atoms with Gasteiger partial charge in [0.2, 0.25) is 5.91 Å². The SMILES string of the molecule is CC1CC(O)(C(N)=O)CCO1. The summed E-state index contributed by atoms with van der Waals surface area (Å²) >= 11 is 0. The average molecular weight is 159 g/mol. The van der Waals surface area contributed by atoms with Gasteiger partial charge in [0.25, 0.3) is 0 Å². The summed E-state index contributed by atoms with van der Waals surface area (Å²) in [6, 6.07) is 0. The number of aliphatic hydroxyl groups is 1. The molecule has 1 rings (SSSR count). The first-order valence-corrected chi connectivity index (χ1v) is 3.68. The van der Waals surface area contributed by atoms with Crippen LogP contribution in [0.2, 0.25) is 0 Å². The number of ether oxygens (including phenoxy) is 1. The molecule has 0 aromatic carbocycles. The van der Waals surface area contributed by atoms with Crippen molar-refractivity contribution in [2.24, 2.45) is 5.73 Å². The van der Waals surface area contributed by atoms with E-state index < -0.39 is 11.5 Å². The highest BCUT2D eigenvalue weighted by molar-refractivity contribution is 5.83. The lowest BCUT2D eigenvalue weighted by Gasteiger charge is -2.32. The Bertz CT molecular complexity index is 171. The van der Waals surface area contributed by atoms with Crippen molar-refractivity contribution in [2.75, 3.05) is 6.61 Å². The number of carbonyl (C=O) groups is 1. The fourth-order valence-electron chi connectivity index (χ4n) is 1.29. The minimum absolute atomic E-state index is 0.0822. The fraction of sp³-hybridized carbons (Fsp3) is 0.857. The van der Waals surface area contributed by atoms with Crippen molar-refractivity contribution in [2.45, 2.75) is 31.5 Å². The van der Waals surface area contributed by atoms with E-state index in [1.165, 1.54) is 0 Å². The topological polar surface area (TPSA) is 72.5 Å². The third-order valence-corrected chi connectivity index (χ3v) is 2.00. The maximum Gasteiger partial charge on any atom is 0.249 e. The maximum absolute atomic E-state index is 10.7. The van der Waals surface area contributed by atoms with E-state index in [1.54, 1.807) is 0 Å². The Kier molecular flexibility index (Phi) is 2.15. The zero-order valence-electron chi connectivity index (χ0n) is 6.54. The Labute approximate surface area is 65.3 Å². The normalized spacial score (nSPS) is 38.5. The number of nitrogens with two attached hydrogens (primary N) is 1. The van der Waals surface area contributed by atoms with Crippen LogP contribution in [0, 0.1) is 0 Å². The summed E-state index contributed by atoms with van der Waals surface area (Å²) in [6.45, 7) is 2.22. The van der Waals surface area contributed by atoms with Crippen molar-refractivity contribution >= 4 is 5.91 Å². The number of primary amides is 1. The highest BCUT2D eigenvalue weighted by Gasteiger charge is 2.38. The second kappa shape index (κ2) is 2.79. The quantitative estimate of drug-likeness (QED) is 0.536. The van der Waals surface area contributed by atoms with Gasteiger partial charge < -0.3 is 15.6 Å². The van der Waals surface area contributed by atoms with Gasteiger partial charge in [-0.15, -0.1) is 0 Å². The molecule has 1 heterocycles. The fourth-order valence-corrected chi connectivity index (χ4v) is 1.29. The van der Waals surface area contributed by atoms with Gasteiger partial charge in [0.15, 0.2) is 0 Å². The summed E-state index contributed by atoms with van der Waals surface area (Å²) in [6.07, 6.45) is 0.538. The zero-order valence-corrected chi connectivity index (χ0v) is 6.54. The lowest BCUT2D eigenvalue weighted by atomic mass is 9.90. The summed E-state index contributed by atoms with van der Waals surface area (Å²) in [5.74, 6) is -0.646. The van der Waals surface area contributed by atoms with Crippen LogP contribution in [0.25, 0.3) is 0 Å². The van der Waals surface area contributed by atoms with Crippen LogP contribution in [-0.2, 0) is 9.53 Å². The van der Waals surface area contributed by atoms with Gasteiger partial charge in [-0.05, 0) is 6.92 Å². The van der Waals surface area contributed by atoms with Crippen LogP contribution in [0.5, 0.6) is 0 Å². The molecule has 1 saturated heterocycles. The van der Waals surface area contributed by atoms with Gasteiger partial charge in [-0.3, -0.25) is 4.79 Å². The Balaban J connectivity index is 2.63. The molecule has 1 amide bonds. The third kappa shape index (κ3) is 1.70. The molecular formula is C7H13NO3. The van der Waals surface area contributed by atoms with Crippen LogP contribution in [-0.4, -0.2) is 29.3 Å². The van der Waals surface area contributed by atoms with Gasteiger partial charge in [-0.2, -0.15) is 0 Å². The molecule has 0 aromatic heterocycles. The van der Waals surface area contributed by atoms with Gasteiger partial charge in [0, 0.05) is 12.8 Å². The van der Waals surface area contributed by atoms with Crippen LogP contribution in [0.4, 0.5) is 0 Å². The Hall–Kier alpha value is -0.610. The van der Waals surface area contributed by atoms with E-state index in [-0.39, 0.29) is 6.10 Å². The van der Waals surface area contributed by atoms with Crippen LogP contribution < -0.4 is 5.73 Å². The summed E-state index contributed by atoms with van der Waals surface area (Å²) in [5, 5.41) is 9.56. The van der Waals surface area contributed by atoms with E-state index in [0.29, 0.717) is 19.4 Å². The predicted octanol–water partition coefficient (Wildman–Crippen LogP) is -0.598. The van der Waals surface area contributed by atoms with Gasteiger partial charge in [-0.1, -0.05) is 0 Å². The minimum atomic E-state index is -1.34. The van der Waals surface area contributed by atoms with E-state index in [0.717, 1.165) is 0 Å². The molecule has 0 bridgehead atoms. The van der Waals surface area contributed by atoms with Crippen molar-refractivity contribution in [3.05, 3.63) is 0 Å². The number of hydrogen-bond donors (Lipinski definition) is 2. The molecule has 64 valence electrons. The standard InChI is InChI=1S/C7H13NO3/c1-5-4-7(10,6(8)9)2-3-11-5/h5,10H,2-4H2,1H3,(H2,8,9). The molecule has 1 aliphatic heterocycles. The second-order valence-corrected chi connectivity index (χ2v) is 3.03. The molecule has 3 N–H and O–H groups in total. The van der Waals surface area contributed by atoms with Crippen LogP contribution in [0.1, 0.15) is 19.8 Å². The summed E-state index contributed by atoms with van der Waals surface area (Å²) in [7, 11) is 0. The molecular weight excluding hydrogens is 146 g/mol. The summed E-state index contributed by atoms with van der Waals surface area (Å²) < 4.78 is 5.16. The third-order valence-electron chi connectivity index (χ3n) is 2.00. The minimum Gasteiger partial charge on any atom is -0.380 e. The smallest absolute Gasteiger partial charge is 0.249 e. The highest BCUT2D eigenvalue weighted by Crippen LogP contribution is 2.23. The van der Waals surface area contributed by atoms with Crippen LogP contribution in [0.3, 0.4) is 0 Å². The van der Waals surface area contributed by atoms with E-state index >= 15 is 0 Å². The van der Waals surface area contributed by atoms with Crippen molar-refractivity contribution in [3.8, 4) is 0 Å². The van der Waals surface area contributed by atoms with Gasteiger partial charge >= 0.3 is 0 Å². The van der Waals surface area contributed by atoms with E-state index in [4.69, 9.17) is 10.5 Å². The van der Waals surface area contributed by atoms with Crippen LogP contribution in [0.15, 0.2) is 0 Å². The lowest BCUT2D eigenvalue weighted by molar-refractivity contribution is -0.151. The maximum atomic E-state index is 10.7. The lowest BCUT2D eigenvalue weighted by Crippen LogP contribution is -2.49. The van der Waals surface area contributed by atoms with Crippen molar-refractivity contribution < 1.29 is 14.6 Å². The Morgan fingerprint density at radius 2 is 2.45 bits per heavy atom. The van der Waals surface area contributed by atoms with Crippen molar-refractivity contribution in [3.63, 3.8) is 0 Å². The largest absolute Gasteiger partial charge is 0.380 e. The first kappa shape index (κ1) is 8.49. The molecule has 0 aromatic rings. The number of rotatable bonds is 1. The molecule has 2 atom stereocenters. The first-order valence-electron chi connectivity index (χ1n) is 3.68. The molecule has 2 unspecified atom stereocenters. The monoisotopic (exact) mass is 159 g/mol. The summed E-state index contributed by atoms with van der Waals surface area (Å²) in [4.78, 5) is 10.7. The average Bonchev–Trinajstić information content (AvgIpc) is 1.86. The van der Waals surface area contributed by atoms with Crippen molar-refractivity contribution in [1.82, 2.24) is 0 Å². The Morgan fingerprint density at radius 3 is 2.82 bits per heavy atom. The Morgan fingerprint density at radius 1 is 1.82 bits per heavy atom. The first-order chi connectivity index (χ1) is 5.04. The highest BCUT2D eigenvalue weighted by atomic mass is 16.5. The van der Waals surface area contributed by atoms with Crippen molar-refractivity contribution in [1.29, 1.82) is 0 Å². The molecule has 4 heteroatoms. The van der Waals surface area contributed by atoms with Crippen LogP contribution >= 0.6 is 0 Å². The molecule has 0 saturated carbocycles. The van der Waals surface area contributed by atoms with Gasteiger partial charge in [0.05, 0.1) is 12.7 Å².